The van der Waals surface area contributed by atoms with Gasteiger partial charge < -0.3 is 25.8 Å². The molecule has 166 valence electrons. The number of carbonyl (C=O) groups is 2. The average molecular weight is 435 g/mol. The van der Waals surface area contributed by atoms with Gasteiger partial charge in [0, 0.05) is 12.3 Å². The number of carbonyl (C=O) groups excluding carboxylic acids is 2. The van der Waals surface area contributed by atoms with Crippen molar-refractivity contribution >= 4 is 17.6 Å². The van der Waals surface area contributed by atoms with E-state index >= 15 is 0 Å². The van der Waals surface area contributed by atoms with Crippen molar-refractivity contribution in [1.82, 2.24) is 20.6 Å². The average Bonchev–Trinajstić information content (AvgIpc) is 2.76. The summed E-state index contributed by atoms with van der Waals surface area (Å²) in [6, 6.07) is 3.10. The predicted octanol–water partition coefficient (Wildman–Crippen LogP) is 1.49. The first-order valence-corrected chi connectivity index (χ1v) is 9.75. The Balaban J connectivity index is 1.46. The van der Waals surface area contributed by atoms with Gasteiger partial charge in [-0.2, -0.15) is 0 Å². The van der Waals surface area contributed by atoms with Crippen molar-refractivity contribution in [1.29, 1.82) is 0 Å². The summed E-state index contributed by atoms with van der Waals surface area (Å²) >= 11 is 0. The number of aliphatic hydroxyl groups excluding tert-OH is 1. The number of rotatable bonds is 7. The zero-order valence-corrected chi connectivity index (χ0v) is 16.6. The zero-order valence-electron chi connectivity index (χ0n) is 16.6. The fraction of sp³-hybridized carbons (Fsp3) is 0.400. The van der Waals surface area contributed by atoms with Gasteiger partial charge in [0.2, 0.25) is 5.91 Å². The summed E-state index contributed by atoms with van der Waals surface area (Å²) < 4.78 is 32.7. The molecule has 1 aromatic heterocycles. The molecule has 11 heteroatoms. The maximum Gasteiger partial charge on any atom is 0.319 e. The van der Waals surface area contributed by atoms with E-state index in [1.807, 2.05) is 0 Å². The minimum Gasteiger partial charge on any atom is -0.394 e. The number of nitrogens with one attached hydrogen (secondary N) is 3. The summed E-state index contributed by atoms with van der Waals surface area (Å²) in [5.74, 6) is -1.69. The third-order valence-corrected chi connectivity index (χ3v) is 4.81. The maximum atomic E-state index is 13.7. The van der Waals surface area contributed by atoms with Gasteiger partial charge in [-0.25, -0.2) is 23.5 Å². The largest absolute Gasteiger partial charge is 0.394 e. The normalized spacial score (nSPS) is 20.7. The number of ether oxygens (including phenoxy) is 1. The molecule has 1 aromatic carbocycles. The molecule has 31 heavy (non-hydrogen) atoms. The SMILES string of the molecule is O=C(C[C@H]1CC[C@H](NC(=O)Nc2cc(F)ccc2F)[C@@H](CO)O1)NCc1ccncn1. The van der Waals surface area contributed by atoms with E-state index in [1.165, 1.54) is 6.33 Å². The first kappa shape index (κ1) is 22.5. The predicted molar refractivity (Wildman–Crippen MR) is 106 cm³/mol. The number of amides is 3. The van der Waals surface area contributed by atoms with Crippen molar-refractivity contribution in [2.75, 3.05) is 11.9 Å². The van der Waals surface area contributed by atoms with Crippen LogP contribution in [0.1, 0.15) is 25.0 Å². The summed E-state index contributed by atoms with van der Waals surface area (Å²) in [7, 11) is 0. The summed E-state index contributed by atoms with van der Waals surface area (Å²) in [5, 5.41) is 17.2. The van der Waals surface area contributed by atoms with Gasteiger partial charge in [0.25, 0.3) is 0 Å². The summed E-state index contributed by atoms with van der Waals surface area (Å²) in [6.45, 7) is -0.114. The number of urea groups is 1. The van der Waals surface area contributed by atoms with Crippen molar-refractivity contribution in [3.05, 3.63) is 54.1 Å². The molecular formula is C20H23F2N5O4. The molecule has 1 aliphatic rings. The van der Waals surface area contributed by atoms with Crippen molar-refractivity contribution in [2.45, 2.75) is 44.1 Å². The second-order valence-electron chi connectivity index (χ2n) is 7.07. The molecule has 1 fully saturated rings. The minimum absolute atomic E-state index is 0.0923. The molecule has 2 aromatic rings. The molecule has 0 unspecified atom stereocenters. The van der Waals surface area contributed by atoms with E-state index in [0.717, 1.165) is 18.2 Å². The number of halogens is 2. The van der Waals surface area contributed by atoms with E-state index in [0.29, 0.717) is 18.5 Å². The van der Waals surface area contributed by atoms with Gasteiger partial charge >= 0.3 is 6.03 Å². The minimum atomic E-state index is -0.775. The molecule has 4 N–H and O–H groups in total. The Labute approximate surface area is 177 Å². The van der Waals surface area contributed by atoms with Gasteiger partial charge in [0.15, 0.2) is 0 Å². The highest BCUT2D eigenvalue weighted by atomic mass is 19.1. The van der Waals surface area contributed by atoms with Crippen LogP contribution in [0.15, 0.2) is 36.8 Å². The zero-order chi connectivity index (χ0) is 22.2. The molecule has 1 saturated heterocycles. The number of benzene rings is 1. The van der Waals surface area contributed by atoms with Crippen molar-refractivity contribution in [3.63, 3.8) is 0 Å². The molecule has 2 heterocycles. The van der Waals surface area contributed by atoms with Gasteiger partial charge in [-0.1, -0.05) is 0 Å². The molecule has 0 spiro atoms. The monoisotopic (exact) mass is 435 g/mol. The van der Waals surface area contributed by atoms with E-state index < -0.39 is 35.9 Å². The molecule has 3 atom stereocenters. The third-order valence-electron chi connectivity index (χ3n) is 4.81. The Morgan fingerprint density at radius 2 is 2.06 bits per heavy atom. The lowest BCUT2D eigenvalue weighted by atomic mass is 9.97. The molecule has 3 rings (SSSR count). The fourth-order valence-corrected chi connectivity index (χ4v) is 3.26. The Bertz CT molecular complexity index is 902. The van der Waals surface area contributed by atoms with Crippen LogP contribution in [0, 0.1) is 11.6 Å². The van der Waals surface area contributed by atoms with Gasteiger partial charge in [-0.15, -0.1) is 0 Å². The molecule has 0 aliphatic carbocycles. The Morgan fingerprint density at radius 1 is 1.23 bits per heavy atom. The highest BCUT2D eigenvalue weighted by Crippen LogP contribution is 2.22. The maximum absolute atomic E-state index is 13.7. The first-order valence-electron chi connectivity index (χ1n) is 9.75. The third kappa shape index (κ3) is 6.66. The van der Waals surface area contributed by atoms with Crippen LogP contribution < -0.4 is 16.0 Å². The number of aromatic nitrogens is 2. The van der Waals surface area contributed by atoms with E-state index in [9.17, 15) is 23.5 Å². The van der Waals surface area contributed by atoms with Crippen LogP contribution in [-0.4, -0.2) is 51.9 Å². The second-order valence-corrected chi connectivity index (χ2v) is 7.07. The summed E-state index contributed by atoms with van der Waals surface area (Å²) in [5.41, 5.74) is 0.374. The van der Waals surface area contributed by atoms with Crippen LogP contribution in [0.3, 0.4) is 0 Å². The van der Waals surface area contributed by atoms with Crippen LogP contribution in [0.4, 0.5) is 19.3 Å². The van der Waals surface area contributed by atoms with Crippen LogP contribution in [0.5, 0.6) is 0 Å². The number of anilines is 1. The lowest BCUT2D eigenvalue weighted by Gasteiger charge is -2.35. The Hall–Kier alpha value is -3.18. The molecule has 9 nitrogen and oxygen atoms in total. The van der Waals surface area contributed by atoms with E-state index in [-0.39, 0.29) is 31.2 Å². The van der Waals surface area contributed by atoms with Crippen LogP contribution in [0.25, 0.3) is 0 Å². The smallest absolute Gasteiger partial charge is 0.319 e. The molecular weight excluding hydrogens is 412 g/mol. The van der Waals surface area contributed by atoms with E-state index in [1.54, 1.807) is 12.3 Å². The van der Waals surface area contributed by atoms with E-state index in [2.05, 4.69) is 25.9 Å². The topological polar surface area (TPSA) is 125 Å². The second kappa shape index (κ2) is 10.7. The lowest BCUT2D eigenvalue weighted by Crippen LogP contribution is -2.52. The first-order chi connectivity index (χ1) is 14.9. The van der Waals surface area contributed by atoms with Gasteiger partial charge in [-0.3, -0.25) is 4.79 Å². The molecule has 0 bridgehead atoms. The number of aliphatic hydroxyl groups is 1. The highest BCUT2D eigenvalue weighted by molar-refractivity contribution is 5.89. The van der Waals surface area contributed by atoms with Crippen LogP contribution >= 0.6 is 0 Å². The Kier molecular flexibility index (Phi) is 7.79. The highest BCUT2D eigenvalue weighted by Gasteiger charge is 2.33. The number of nitrogens with zero attached hydrogens (tertiary/aromatic N) is 2. The van der Waals surface area contributed by atoms with Crippen LogP contribution in [0.2, 0.25) is 0 Å². The molecule has 1 aliphatic heterocycles. The Morgan fingerprint density at radius 3 is 2.81 bits per heavy atom. The van der Waals surface area contributed by atoms with Crippen molar-refractivity contribution in [2.24, 2.45) is 0 Å². The fourth-order valence-electron chi connectivity index (χ4n) is 3.26. The lowest BCUT2D eigenvalue weighted by molar-refractivity contribution is -0.130. The van der Waals surface area contributed by atoms with Crippen molar-refractivity contribution in [3.8, 4) is 0 Å². The van der Waals surface area contributed by atoms with Gasteiger partial charge in [-0.05, 0) is 31.0 Å². The molecule has 0 radical (unpaired) electrons. The van der Waals surface area contributed by atoms with E-state index in [4.69, 9.17) is 4.74 Å². The quantitative estimate of drug-likeness (QED) is 0.522. The molecule has 3 amide bonds. The van der Waals surface area contributed by atoms with Gasteiger partial charge in [0.1, 0.15) is 24.1 Å². The molecule has 0 saturated carbocycles. The number of hydrogen-bond donors (Lipinski definition) is 4. The van der Waals surface area contributed by atoms with Crippen molar-refractivity contribution < 1.29 is 28.2 Å². The number of hydrogen-bond acceptors (Lipinski definition) is 6. The standard InChI is InChI=1S/C20H23F2N5O4/c21-12-1-3-15(22)17(7-12)27-20(30)26-16-4-2-14(31-18(16)10-28)8-19(29)24-9-13-5-6-23-11-25-13/h1,3,5-7,11,14,16,18,28H,2,4,8-10H2,(H,24,29)(H2,26,27,30)/t14-,16+,18-/m1/s1. The van der Waals surface area contributed by atoms with Crippen LogP contribution in [-0.2, 0) is 16.1 Å². The summed E-state index contributed by atoms with van der Waals surface area (Å²) in [6.07, 6.45) is 2.81. The van der Waals surface area contributed by atoms with Gasteiger partial charge in [0.05, 0.1) is 43.1 Å². The summed E-state index contributed by atoms with van der Waals surface area (Å²) in [4.78, 5) is 32.1.